The van der Waals surface area contributed by atoms with Gasteiger partial charge in [0, 0.05) is 25.3 Å². The van der Waals surface area contributed by atoms with Gasteiger partial charge < -0.3 is 37.8 Å². The van der Waals surface area contributed by atoms with E-state index in [2.05, 4.69) is 5.16 Å². The lowest BCUT2D eigenvalue weighted by molar-refractivity contribution is -0.164. The highest BCUT2D eigenvalue weighted by molar-refractivity contribution is 6.01. The lowest BCUT2D eigenvalue weighted by atomic mass is 10.1. The lowest BCUT2D eigenvalue weighted by Gasteiger charge is -2.34. The second-order valence-corrected chi connectivity index (χ2v) is 9.44. The molecule has 0 N–H and O–H groups in total. The van der Waals surface area contributed by atoms with E-state index >= 15 is 4.39 Å². The van der Waals surface area contributed by atoms with E-state index in [4.69, 9.17) is 32.9 Å². The molecule has 2 aromatic rings. The number of amides is 1. The summed E-state index contributed by atoms with van der Waals surface area (Å²) < 4.78 is 55.6. The fourth-order valence-electron chi connectivity index (χ4n) is 5.17. The maximum atomic E-state index is 16.1. The molecule has 3 atom stereocenters. The molecule has 4 aliphatic heterocycles. The summed E-state index contributed by atoms with van der Waals surface area (Å²) in [6, 6.07) is 1.28. The predicted octanol–water partition coefficient (Wildman–Crippen LogP) is 3.11. The lowest BCUT2D eigenvalue weighted by Crippen LogP contribution is -2.42. The second-order valence-electron chi connectivity index (χ2n) is 9.44. The van der Waals surface area contributed by atoms with Crippen LogP contribution < -0.4 is 9.80 Å². The molecule has 3 unspecified atom stereocenters. The van der Waals surface area contributed by atoms with Crippen molar-refractivity contribution in [2.45, 2.75) is 50.9 Å². The molecule has 36 heavy (non-hydrogen) atoms. The van der Waals surface area contributed by atoms with Gasteiger partial charge in [0.2, 0.25) is 5.58 Å². The minimum atomic E-state index is -0.743. The number of benzene rings is 1. The maximum Gasteiger partial charge on any atom is 0.416 e. The molecule has 11 nitrogen and oxygen atoms in total. The van der Waals surface area contributed by atoms with E-state index in [1.54, 1.807) is 6.07 Å². The number of morpholine rings is 1. The van der Waals surface area contributed by atoms with Gasteiger partial charge >= 0.3 is 6.09 Å². The highest BCUT2D eigenvalue weighted by Gasteiger charge is 2.40. The zero-order valence-corrected chi connectivity index (χ0v) is 20.2. The Morgan fingerprint density at radius 2 is 2.00 bits per heavy atom. The van der Waals surface area contributed by atoms with Crippen molar-refractivity contribution in [3.63, 3.8) is 0 Å². The third kappa shape index (κ3) is 4.41. The number of carbonyl (C=O) groups excluding carboxylic acids is 1. The van der Waals surface area contributed by atoms with Gasteiger partial charge in [-0.2, -0.15) is 0 Å². The quantitative estimate of drug-likeness (QED) is 0.579. The number of carbonyl (C=O) groups is 1. The SMILES string of the molecule is CC1CN(c2c(C3OCCO3)cc3c(N4C(=O)OCC4COC4CCCCO4)noc3c2F)CCO1. The third-order valence-electron chi connectivity index (χ3n) is 6.92. The zero-order valence-electron chi connectivity index (χ0n) is 20.2. The Labute approximate surface area is 207 Å². The van der Waals surface area contributed by atoms with E-state index in [9.17, 15) is 4.79 Å². The molecule has 4 fully saturated rings. The molecule has 1 amide bonds. The predicted molar refractivity (Wildman–Crippen MR) is 123 cm³/mol. The molecule has 0 aliphatic carbocycles. The number of cyclic esters (lactones) is 1. The van der Waals surface area contributed by atoms with E-state index in [-0.39, 0.29) is 37.0 Å². The molecule has 0 radical (unpaired) electrons. The molecule has 196 valence electrons. The van der Waals surface area contributed by atoms with E-state index in [0.29, 0.717) is 56.2 Å². The highest BCUT2D eigenvalue weighted by atomic mass is 19.1. The van der Waals surface area contributed by atoms with Gasteiger partial charge in [0.15, 0.2) is 24.2 Å². The zero-order chi connectivity index (χ0) is 24.6. The highest BCUT2D eigenvalue weighted by Crippen LogP contribution is 2.42. The van der Waals surface area contributed by atoms with Gasteiger partial charge in [-0.25, -0.2) is 14.1 Å². The van der Waals surface area contributed by atoms with Crippen LogP contribution in [0.5, 0.6) is 0 Å². The van der Waals surface area contributed by atoms with Crippen LogP contribution in [0.2, 0.25) is 0 Å². The first-order valence-electron chi connectivity index (χ1n) is 12.5. The Hall–Kier alpha value is -2.51. The van der Waals surface area contributed by atoms with Crippen molar-refractivity contribution in [2.75, 3.05) is 62.5 Å². The maximum absolute atomic E-state index is 16.1. The number of rotatable bonds is 6. The van der Waals surface area contributed by atoms with E-state index < -0.39 is 24.2 Å². The van der Waals surface area contributed by atoms with Crippen LogP contribution in [0, 0.1) is 5.82 Å². The van der Waals surface area contributed by atoms with Crippen molar-refractivity contribution in [1.82, 2.24) is 5.16 Å². The molecular formula is C24H30FN3O8. The number of ether oxygens (including phenoxy) is 6. The van der Waals surface area contributed by atoms with Crippen molar-refractivity contribution in [3.05, 3.63) is 17.4 Å². The summed E-state index contributed by atoms with van der Waals surface area (Å²) in [5.41, 5.74) is 0.813. The Morgan fingerprint density at radius 1 is 1.14 bits per heavy atom. The summed E-state index contributed by atoms with van der Waals surface area (Å²) in [6.45, 7) is 5.20. The number of hydrogen-bond donors (Lipinski definition) is 0. The molecule has 4 aliphatic rings. The van der Waals surface area contributed by atoms with Crippen LogP contribution >= 0.6 is 0 Å². The van der Waals surface area contributed by atoms with Crippen LogP contribution in [-0.2, 0) is 28.4 Å². The van der Waals surface area contributed by atoms with Crippen LogP contribution in [0.3, 0.4) is 0 Å². The molecule has 12 heteroatoms. The fourth-order valence-corrected chi connectivity index (χ4v) is 5.17. The van der Waals surface area contributed by atoms with Crippen molar-refractivity contribution >= 4 is 28.6 Å². The number of nitrogens with zero attached hydrogens (tertiary/aromatic N) is 3. The summed E-state index contributed by atoms with van der Waals surface area (Å²) >= 11 is 0. The molecule has 6 rings (SSSR count). The molecule has 5 heterocycles. The first-order valence-corrected chi connectivity index (χ1v) is 12.5. The molecule has 1 aromatic heterocycles. The van der Waals surface area contributed by atoms with Crippen molar-refractivity contribution in [3.8, 4) is 0 Å². The number of anilines is 2. The first kappa shape index (κ1) is 23.9. The standard InChI is InChI=1S/C24H30FN3O8/c1-14-11-27(5-7-30-14)20-16(23-32-8-9-33-23)10-17-21(19(20)25)36-26-22(17)28-15(13-35-24(28)29)12-34-18-4-2-3-6-31-18/h10,14-15,18,23H,2-9,11-13H2,1H3. The molecule has 0 bridgehead atoms. The Kier molecular flexibility index (Phi) is 6.69. The van der Waals surface area contributed by atoms with Gasteiger partial charge in [0.25, 0.3) is 0 Å². The smallest absolute Gasteiger partial charge is 0.416 e. The van der Waals surface area contributed by atoms with Crippen molar-refractivity contribution in [2.24, 2.45) is 0 Å². The van der Waals surface area contributed by atoms with Crippen molar-refractivity contribution < 1.29 is 42.1 Å². The monoisotopic (exact) mass is 507 g/mol. The summed E-state index contributed by atoms with van der Waals surface area (Å²) in [5, 5.41) is 4.44. The number of hydrogen-bond acceptors (Lipinski definition) is 10. The largest absolute Gasteiger partial charge is 0.447 e. The Balaban J connectivity index is 1.35. The van der Waals surface area contributed by atoms with E-state index in [0.717, 1.165) is 19.3 Å². The minimum absolute atomic E-state index is 0.0455. The minimum Gasteiger partial charge on any atom is -0.447 e. The summed E-state index contributed by atoms with van der Waals surface area (Å²) in [4.78, 5) is 16.0. The average molecular weight is 508 g/mol. The van der Waals surface area contributed by atoms with Crippen LogP contribution in [0.4, 0.5) is 20.7 Å². The topological polar surface area (TPSA) is 105 Å². The van der Waals surface area contributed by atoms with Gasteiger partial charge in [0.1, 0.15) is 6.61 Å². The number of aromatic nitrogens is 1. The van der Waals surface area contributed by atoms with Gasteiger partial charge in [-0.05, 0) is 32.3 Å². The van der Waals surface area contributed by atoms with Crippen molar-refractivity contribution in [1.29, 1.82) is 0 Å². The Bertz CT molecular complexity index is 1100. The Morgan fingerprint density at radius 3 is 2.78 bits per heavy atom. The normalized spacial score (nSPS) is 27.8. The molecule has 1 aromatic carbocycles. The van der Waals surface area contributed by atoms with Gasteiger partial charge in [-0.3, -0.25) is 0 Å². The number of fused-ring (bicyclic) bond motifs is 1. The van der Waals surface area contributed by atoms with Crippen LogP contribution in [0.25, 0.3) is 11.0 Å². The van der Waals surface area contributed by atoms with Crippen LogP contribution in [0.1, 0.15) is 38.0 Å². The first-order chi connectivity index (χ1) is 17.6. The van der Waals surface area contributed by atoms with Gasteiger partial charge in [-0.15, -0.1) is 0 Å². The fraction of sp³-hybridized carbons (Fsp3) is 0.667. The molecule has 0 saturated carbocycles. The van der Waals surface area contributed by atoms with E-state index in [1.807, 2.05) is 11.8 Å². The summed E-state index contributed by atoms with van der Waals surface area (Å²) in [7, 11) is 0. The van der Waals surface area contributed by atoms with Gasteiger partial charge in [-0.1, -0.05) is 5.16 Å². The summed E-state index contributed by atoms with van der Waals surface area (Å²) in [6.07, 6.45) is 1.12. The number of halogens is 1. The molecule has 0 spiro atoms. The van der Waals surface area contributed by atoms with Crippen LogP contribution in [-0.4, -0.2) is 82.4 Å². The average Bonchev–Trinajstić information content (AvgIpc) is 3.63. The van der Waals surface area contributed by atoms with Gasteiger partial charge in [0.05, 0.1) is 49.6 Å². The van der Waals surface area contributed by atoms with Crippen LogP contribution in [0.15, 0.2) is 10.6 Å². The molecular weight excluding hydrogens is 477 g/mol. The third-order valence-corrected chi connectivity index (χ3v) is 6.92. The molecule has 4 saturated heterocycles. The van der Waals surface area contributed by atoms with E-state index in [1.165, 1.54) is 4.90 Å². The summed E-state index contributed by atoms with van der Waals surface area (Å²) in [5.74, 6) is -0.406. The second kappa shape index (κ2) is 10.1.